The molecule has 126 valence electrons. The summed E-state index contributed by atoms with van der Waals surface area (Å²) in [6, 6.07) is 7.02. The molecule has 0 bridgehead atoms. The van der Waals surface area contributed by atoms with Gasteiger partial charge in [-0.15, -0.1) is 0 Å². The summed E-state index contributed by atoms with van der Waals surface area (Å²) in [4.78, 5) is 24.8. The van der Waals surface area contributed by atoms with Gasteiger partial charge in [-0.1, -0.05) is 23.7 Å². The van der Waals surface area contributed by atoms with E-state index in [9.17, 15) is 19.8 Å². The highest BCUT2D eigenvalue weighted by Gasteiger charge is 2.41. The van der Waals surface area contributed by atoms with Crippen LogP contribution < -0.4 is 5.32 Å². The summed E-state index contributed by atoms with van der Waals surface area (Å²) >= 11 is 5.81. The molecule has 6 nitrogen and oxygen atoms in total. The minimum Gasteiger partial charge on any atom is -0.388 e. The lowest BCUT2D eigenvalue weighted by molar-refractivity contribution is -0.149. The summed E-state index contributed by atoms with van der Waals surface area (Å²) in [6.07, 6.45) is -0.674. The number of nitrogens with one attached hydrogen (secondary N) is 1. The van der Waals surface area contributed by atoms with Gasteiger partial charge in [0.1, 0.15) is 11.7 Å². The number of aliphatic hydroxyl groups excluding tert-OH is 1. The fourth-order valence-corrected chi connectivity index (χ4v) is 2.69. The van der Waals surface area contributed by atoms with E-state index in [4.69, 9.17) is 11.6 Å². The van der Waals surface area contributed by atoms with Gasteiger partial charge in [0.15, 0.2) is 0 Å². The molecular weight excluding hydrogens is 320 g/mol. The van der Waals surface area contributed by atoms with Crippen LogP contribution in [0.5, 0.6) is 0 Å². The third kappa shape index (κ3) is 4.67. The van der Waals surface area contributed by atoms with E-state index in [1.165, 1.54) is 11.8 Å². The predicted molar refractivity (Wildman–Crippen MR) is 86.0 cm³/mol. The highest BCUT2D eigenvalue weighted by atomic mass is 35.5. The van der Waals surface area contributed by atoms with Gasteiger partial charge in [-0.3, -0.25) is 9.59 Å². The van der Waals surface area contributed by atoms with Gasteiger partial charge in [0.25, 0.3) is 0 Å². The Kier molecular flexibility index (Phi) is 5.62. The van der Waals surface area contributed by atoms with E-state index in [0.717, 1.165) is 5.56 Å². The van der Waals surface area contributed by atoms with Gasteiger partial charge in [-0.25, -0.2) is 0 Å². The molecule has 1 aliphatic rings. The molecule has 1 aliphatic heterocycles. The van der Waals surface area contributed by atoms with E-state index < -0.39 is 11.7 Å². The number of carbonyl (C=O) groups excluding carboxylic acids is 2. The number of rotatable bonds is 4. The van der Waals surface area contributed by atoms with E-state index >= 15 is 0 Å². The SMILES string of the molecule is CC(=O)NC[C@]1(O)CCN(C(=O)Cc2ccc(Cl)cc2)C[C@H]1O. The van der Waals surface area contributed by atoms with Gasteiger partial charge < -0.3 is 20.4 Å². The van der Waals surface area contributed by atoms with E-state index in [1.807, 2.05) is 0 Å². The van der Waals surface area contributed by atoms with Gasteiger partial charge >= 0.3 is 0 Å². The van der Waals surface area contributed by atoms with Crippen molar-refractivity contribution < 1.29 is 19.8 Å². The van der Waals surface area contributed by atoms with Gasteiger partial charge in [0.2, 0.25) is 11.8 Å². The summed E-state index contributed by atoms with van der Waals surface area (Å²) in [5.74, 6) is -0.389. The molecule has 0 aliphatic carbocycles. The smallest absolute Gasteiger partial charge is 0.227 e. The van der Waals surface area contributed by atoms with Crippen molar-refractivity contribution in [1.82, 2.24) is 10.2 Å². The summed E-state index contributed by atoms with van der Waals surface area (Å²) < 4.78 is 0. The zero-order chi connectivity index (χ0) is 17.0. The Morgan fingerprint density at radius 1 is 1.39 bits per heavy atom. The first kappa shape index (κ1) is 17.7. The maximum atomic E-state index is 12.3. The van der Waals surface area contributed by atoms with Crippen molar-refractivity contribution in [2.45, 2.75) is 31.5 Å². The average molecular weight is 341 g/mol. The molecule has 2 rings (SSSR count). The molecule has 0 spiro atoms. The number of carbonyl (C=O) groups is 2. The molecule has 2 amide bonds. The van der Waals surface area contributed by atoms with Crippen LogP contribution in [0.4, 0.5) is 0 Å². The van der Waals surface area contributed by atoms with Gasteiger partial charge in [-0.2, -0.15) is 0 Å². The van der Waals surface area contributed by atoms with Crippen LogP contribution in [0.25, 0.3) is 0 Å². The Balaban J connectivity index is 1.92. The Labute approximate surface area is 140 Å². The number of aliphatic hydroxyl groups is 2. The van der Waals surface area contributed by atoms with Crippen LogP contribution in [-0.2, 0) is 16.0 Å². The predicted octanol–water partition coefficient (Wildman–Crippen LogP) is 0.343. The van der Waals surface area contributed by atoms with Crippen molar-refractivity contribution in [2.24, 2.45) is 0 Å². The monoisotopic (exact) mass is 340 g/mol. The summed E-state index contributed by atoms with van der Waals surface area (Å²) in [5, 5.41) is 23.7. The van der Waals surface area contributed by atoms with Gasteiger partial charge in [0.05, 0.1) is 6.42 Å². The second-order valence-electron chi connectivity index (χ2n) is 5.92. The number of amides is 2. The first-order valence-electron chi connectivity index (χ1n) is 7.47. The molecule has 0 unspecified atom stereocenters. The van der Waals surface area contributed by atoms with E-state index in [2.05, 4.69) is 5.32 Å². The zero-order valence-corrected chi connectivity index (χ0v) is 13.7. The van der Waals surface area contributed by atoms with E-state index in [-0.39, 0.29) is 37.7 Å². The zero-order valence-electron chi connectivity index (χ0n) is 13.0. The molecule has 0 saturated carbocycles. The van der Waals surface area contributed by atoms with Crippen molar-refractivity contribution >= 4 is 23.4 Å². The lowest BCUT2D eigenvalue weighted by Crippen LogP contribution is -2.61. The van der Waals surface area contributed by atoms with Crippen LogP contribution in [0.2, 0.25) is 5.02 Å². The van der Waals surface area contributed by atoms with E-state index in [1.54, 1.807) is 24.3 Å². The van der Waals surface area contributed by atoms with Crippen LogP contribution in [0, 0.1) is 0 Å². The number of hydrogen-bond acceptors (Lipinski definition) is 4. The number of benzene rings is 1. The summed E-state index contributed by atoms with van der Waals surface area (Å²) in [5.41, 5.74) is -0.559. The van der Waals surface area contributed by atoms with Crippen LogP contribution in [0.3, 0.4) is 0 Å². The molecule has 1 heterocycles. The summed E-state index contributed by atoms with van der Waals surface area (Å²) in [6.45, 7) is 1.70. The third-order valence-electron chi connectivity index (χ3n) is 4.09. The van der Waals surface area contributed by atoms with Crippen LogP contribution in [0.1, 0.15) is 18.9 Å². The number of β-amino-alcohol motifs (C(OH)–C–C–N with tert-alkyl or cyclic N) is 1. The molecule has 0 aromatic heterocycles. The molecule has 0 radical (unpaired) electrons. The van der Waals surface area contributed by atoms with Crippen LogP contribution in [0.15, 0.2) is 24.3 Å². The quantitative estimate of drug-likeness (QED) is 0.737. The van der Waals surface area contributed by atoms with Gasteiger partial charge in [0, 0.05) is 31.6 Å². The Hall–Kier alpha value is -1.63. The molecule has 2 atom stereocenters. The Morgan fingerprint density at radius 3 is 2.61 bits per heavy atom. The maximum absolute atomic E-state index is 12.3. The topological polar surface area (TPSA) is 89.9 Å². The fourth-order valence-electron chi connectivity index (χ4n) is 2.56. The highest BCUT2D eigenvalue weighted by molar-refractivity contribution is 6.30. The van der Waals surface area contributed by atoms with Crippen molar-refractivity contribution in [2.75, 3.05) is 19.6 Å². The minimum absolute atomic E-state index is 0.0251. The molecule has 1 aromatic carbocycles. The lowest BCUT2D eigenvalue weighted by Gasteiger charge is -2.42. The van der Waals surface area contributed by atoms with Crippen molar-refractivity contribution in [3.8, 4) is 0 Å². The first-order chi connectivity index (χ1) is 10.8. The molecule has 1 fully saturated rings. The Morgan fingerprint density at radius 2 is 2.04 bits per heavy atom. The van der Waals surface area contributed by atoms with Crippen molar-refractivity contribution in [3.05, 3.63) is 34.9 Å². The number of likely N-dealkylation sites (tertiary alicyclic amines) is 1. The first-order valence-corrected chi connectivity index (χ1v) is 7.85. The van der Waals surface area contributed by atoms with Crippen LogP contribution >= 0.6 is 11.6 Å². The molecule has 1 saturated heterocycles. The standard InChI is InChI=1S/C16H21ClN2O4/c1-11(20)18-10-16(23)6-7-19(9-14(16)21)15(22)8-12-2-4-13(17)5-3-12/h2-5,14,21,23H,6-10H2,1H3,(H,18,20)/t14-,16-/m1/s1. The maximum Gasteiger partial charge on any atom is 0.227 e. The normalized spacial score (nSPS) is 24.3. The molecule has 3 N–H and O–H groups in total. The summed E-state index contributed by atoms with van der Waals surface area (Å²) in [7, 11) is 0. The second-order valence-corrected chi connectivity index (χ2v) is 6.36. The van der Waals surface area contributed by atoms with Gasteiger partial charge in [-0.05, 0) is 24.1 Å². The lowest BCUT2D eigenvalue weighted by atomic mass is 9.88. The average Bonchev–Trinajstić information content (AvgIpc) is 2.50. The minimum atomic E-state index is -1.40. The van der Waals surface area contributed by atoms with E-state index in [0.29, 0.717) is 11.6 Å². The number of nitrogens with zero attached hydrogens (tertiary/aromatic N) is 1. The highest BCUT2D eigenvalue weighted by Crippen LogP contribution is 2.23. The Bertz CT molecular complexity index is 578. The molecule has 23 heavy (non-hydrogen) atoms. The number of piperidine rings is 1. The second kappa shape index (κ2) is 7.29. The molecule has 1 aromatic rings. The fraction of sp³-hybridized carbons (Fsp3) is 0.500. The van der Waals surface area contributed by atoms with Crippen molar-refractivity contribution in [3.63, 3.8) is 0 Å². The van der Waals surface area contributed by atoms with Crippen molar-refractivity contribution in [1.29, 1.82) is 0 Å². The molecule has 7 heteroatoms. The largest absolute Gasteiger partial charge is 0.388 e. The number of hydrogen-bond donors (Lipinski definition) is 3. The van der Waals surface area contributed by atoms with Crippen LogP contribution in [-0.4, -0.2) is 58.3 Å². The third-order valence-corrected chi connectivity index (χ3v) is 4.34. The molecular formula is C16H21ClN2O4. The number of halogens is 1.